The van der Waals surface area contributed by atoms with Gasteiger partial charge in [-0.25, -0.2) is 0 Å². The molecule has 0 aliphatic rings. The molecule has 3 rings (SSSR count). The molecule has 0 spiro atoms. The molecule has 174 valence electrons. The van der Waals surface area contributed by atoms with Gasteiger partial charge in [0, 0.05) is 17.7 Å². The zero-order valence-corrected chi connectivity index (χ0v) is 19.9. The highest BCUT2D eigenvalue weighted by Crippen LogP contribution is 2.24. The number of carbonyl (C=O) groups excluding carboxylic acids is 2. The lowest BCUT2D eigenvalue weighted by Gasteiger charge is -2.15. The Labute approximate surface area is 196 Å². The fourth-order valence-corrected chi connectivity index (χ4v) is 3.79. The second-order valence-corrected chi connectivity index (χ2v) is 8.44. The van der Waals surface area contributed by atoms with E-state index in [-0.39, 0.29) is 23.6 Å². The quantitative estimate of drug-likeness (QED) is 0.391. The number of ether oxygens (including phenoxy) is 1. The Bertz CT molecular complexity index is 1080. The summed E-state index contributed by atoms with van der Waals surface area (Å²) in [6, 6.07) is 13.9. The van der Waals surface area contributed by atoms with Crippen molar-refractivity contribution >= 4 is 35.0 Å². The molecular weight excluding hydrogens is 442 g/mol. The lowest BCUT2D eigenvalue weighted by Crippen LogP contribution is -3.06. The lowest BCUT2D eigenvalue weighted by atomic mass is 10.2. The summed E-state index contributed by atoms with van der Waals surface area (Å²) < 4.78 is 10.9. The van der Waals surface area contributed by atoms with Gasteiger partial charge in [-0.2, -0.15) is 0 Å². The third-order valence-electron chi connectivity index (χ3n) is 4.94. The Balaban J connectivity index is 1.52. The van der Waals surface area contributed by atoms with Gasteiger partial charge in [0.2, 0.25) is 5.91 Å². The number of rotatable bonds is 10. The summed E-state index contributed by atoms with van der Waals surface area (Å²) in [5.74, 6) is 0.793. The molecule has 1 aromatic heterocycles. The summed E-state index contributed by atoms with van der Waals surface area (Å²) in [7, 11) is 5.61. The number of hydrogen-bond acceptors (Lipinski definition) is 7. The van der Waals surface area contributed by atoms with Crippen LogP contribution in [0, 0.1) is 0 Å². The van der Waals surface area contributed by atoms with E-state index in [1.165, 1.54) is 16.7 Å². The van der Waals surface area contributed by atoms with E-state index < -0.39 is 0 Å². The number of amides is 2. The second-order valence-electron chi connectivity index (χ2n) is 7.51. The normalized spacial score (nSPS) is 11.8. The van der Waals surface area contributed by atoms with E-state index in [9.17, 15) is 9.59 Å². The molecule has 1 heterocycles. The van der Waals surface area contributed by atoms with E-state index in [1.807, 2.05) is 26.2 Å². The average molecular weight is 471 g/mol. The number of aromatic nitrogens is 2. The van der Waals surface area contributed by atoms with Crippen molar-refractivity contribution in [3.8, 4) is 5.75 Å². The minimum absolute atomic E-state index is 0.124. The van der Waals surface area contributed by atoms with Gasteiger partial charge < -0.3 is 24.7 Å². The van der Waals surface area contributed by atoms with Crippen molar-refractivity contribution in [2.75, 3.05) is 37.6 Å². The van der Waals surface area contributed by atoms with Gasteiger partial charge in [-0.3, -0.25) is 9.59 Å². The van der Waals surface area contributed by atoms with E-state index in [0.717, 1.165) is 6.42 Å². The molecule has 2 amide bonds. The third-order valence-corrected chi connectivity index (χ3v) is 5.76. The Morgan fingerprint density at radius 1 is 1.09 bits per heavy atom. The van der Waals surface area contributed by atoms with Gasteiger partial charge in [0.25, 0.3) is 17.0 Å². The van der Waals surface area contributed by atoms with Crippen LogP contribution < -0.4 is 20.3 Å². The van der Waals surface area contributed by atoms with Gasteiger partial charge in [0.1, 0.15) is 5.75 Å². The van der Waals surface area contributed by atoms with Crippen LogP contribution in [0.3, 0.4) is 0 Å². The zero-order valence-electron chi connectivity index (χ0n) is 19.0. The zero-order chi connectivity index (χ0) is 23.8. The summed E-state index contributed by atoms with van der Waals surface area (Å²) in [6.45, 7) is 2.07. The monoisotopic (exact) mass is 470 g/mol. The number of methoxy groups -OCH3 is 1. The van der Waals surface area contributed by atoms with Crippen molar-refractivity contribution in [2.24, 2.45) is 0 Å². The standard InChI is InChI=1S/C23H27N5O4S/c1-5-18(28(2)3)22-26-27-23(32-22)33-14-20(29)24-16-12-10-15(11-13-16)21(30)25-17-8-6-7-9-19(17)31-4/h6-13,18H,5,14H2,1-4H3,(H,24,29)(H,25,30)/p+1/t18-/m1/s1. The molecule has 3 N–H and O–H groups in total. The van der Waals surface area contributed by atoms with Crippen LogP contribution in [0.2, 0.25) is 0 Å². The molecule has 0 radical (unpaired) electrons. The highest BCUT2D eigenvalue weighted by atomic mass is 32.2. The van der Waals surface area contributed by atoms with E-state index in [0.29, 0.717) is 33.8 Å². The van der Waals surface area contributed by atoms with Crippen LogP contribution in [-0.2, 0) is 4.79 Å². The molecule has 0 fully saturated rings. The number of nitrogens with one attached hydrogen (secondary N) is 3. The van der Waals surface area contributed by atoms with Crippen LogP contribution in [0.5, 0.6) is 5.75 Å². The van der Waals surface area contributed by atoms with E-state index in [1.54, 1.807) is 43.5 Å². The van der Waals surface area contributed by atoms with Gasteiger partial charge in [0.15, 0.2) is 6.04 Å². The fourth-order valence-electron chi connectivity index (χ4n) is 3.22. The Morgan fingerprint density at radius 2 is 1.82 bits per heavy atom. The molecule has 33 heavy (non-hydrogen) atoms. The highest BCUT2D eigenvalue weighted by Gasteiger charge is 2.22. The Morgan fingerprint density at radius 3 is 2.48 bits per heavy atom. The van der Waals surface area contributed by atoms with Crippen molar-refractivity contribution in [3.63, 3.8) is 0 Å². The van der Waals surface area contributed by atoms with Crippen molar-refractivity contribution in [2.45, 2.75) is 24.6 Å². The van der Waals surface area contributed by atoms with Crippen LogP contribution in [0.1, 0.15) is 35.6 Å². The molecule has 0 aliphatic carbocycles. The first-order valence-corrected chi connectivity index (χ1v) is 11.5. The van der Waals surface area contributed by atoms with Crippen molar-refractivity contribution in [1.82, 2.24) is 10.2 Å². The summed E-state index contributed by atoms with van der Waals surface area (Å²) in [6.07, 6.45) is 0.877. The number of anilines is 2. The van der Waals surface area contributed by atoms with E-state index >= 15 is 0 Å². The SMILES string of the molecule is CC[C@H](c1nnc(SCC(=O)Nc2ccc(C(=O)Nc3ccccc3OC)cc2)o1)[NH+](C)C. The molecule has 0 aliphatic heterocycles. The van der Waals surface area contributed by atoms with Gasteiger partial charge in [0.05, 0.1) is 32.6 Å². The number of hydrogen-bond donors (Lipinski definition) is 3. The van der Waals surface area contributed by atoms with E-state index in [4.69, 9.17) is 9.15 Å². The largest absolute Gasteiger partial charge is 0.495 e. The maximum absolute atomic E-state index is 12.5. The number of quaternary nitrogens is 1. The van der Waals surface area contributed by atoms with Gasteiger partial charge in [-0.15, -0.1) is 10.2 Å². The summed E-state index contributed by atoms with van der Waals surface area (Å²) in [5.41, 5.74) is 1.63. The van der Waals surface area contributed by atoms with Gasteiger partial charge >= 0.3 is 0 Å². The molecule has 9 nitrogen and oxygen atoms in total. The molecule has 0 saturated heterocycles. The molecule has 2 aromatic carbocycles. The first-order valence-electron chi connectivity index (χ1n) is 10.5. The average Bonchev–Trinajstić information content (AvgIpc) is 3.27. The summed E-state index contributed by atoms with van der Waals surface area (Å²) >= 11 is 1.18. The number of para-hydroxylation sites is 2. The topological polar surface area (TPSA) is 111 Å². The minimum Gasteiger partial charge on any atom is -0.495 e. The fraction of sp³-hybridized carbons (Fsp3) is 0.304. The predicted octanol–water partition coefficient (Wildman–Crippen LogP) is 2.66. The van der Waals surface area contributed by atoms with Crippen molar-refractivity contribution in [1.29, 1.82) is 0 Å². The molecule has 1 atom stereocenters. The second kappa shape index (κ2) is 11.5. The molecule has 0 unspecified atom stereocenters. The first kappa shape index (κ1) is 24.3. The number of thioether (sulfide) groups is 1. The maximum atomic E-state index is 12.5. The molecule has 3 aromatic rings. The third kappa shape index (κ3) is 6.56. The Hall–Kier alpha value is -3.37. The van der Waals surface area contributed by atoms with Crippen LogP contribution in [0.25, 0.3) is 0 Å². The summed E-state index contributed by atoms with van der Waals surface area (Å²) in [4.78, 5) is 26.0. The molecule has 0 bridgehead atoms. The lowest BCUT2D eigenvalue weighted by molar-refractivity contribution is -0.894. The van der Waals surface area contributed by atoms with Crippen molar-refractivity contribution < 1.29 is 23.6 Å². The van der Waals surface area contributed by atoms with Gasteiger partial charge in [-0.1, -0.05) is 30.8 Å². The molecule has 0 saturated carbocycles. The summed E-state index contributed by atoms with van der Waals surface area (Å²) in [5, 5.41) is 14.1. The van der Waals surface area contributed by atoms with Crippen LogP contribution in [-0.4, -0.2) is 49.0 Å². The van der Waals surface area contributed by atoms with Gasteiger partial charge in [-0.05, 0) is 36.4 Å². The smallest absolute Gasteiger partial charge is 0.277 e. The van der Waals surface area contributed by atoms with Crippen LogP contribution >= 0.6 is 11.8 Å². The van der Waals surface area contributed by atoms with Crippen LogP contribution in [0.4, 0.5) is 11.4 Å². The Kier molecular flexibility index (Phi) is 8.45. The maximum Gasteiger partial charge on any atom is 0.277 e. The first-order chi connectivity index (χ1) is 15.9. The van der Waals surface area contributed by atoms with Crippen LogP contribution in [0.15, 0.2) is 58.2 Å². The number of carbonyl (C=O) groups is 2. The molecular formula is C23H28N5O4S+. The van der Waals surface area contributed by atoms with E-state index in [2.05, 4.69) is 27.8 Å². The minimum atomic E-state index is -0.273. The number of benzene rings is 2. The predicted molar refractivity (Wildman–Crippen MR) is 127 cm³/mol. The highest BCUT2D eigenvalue weighted by molar-refractivity contribution is 7.99. The number of nitrogens with zero attached hydrogens (tertiary/aromatic N) is 2. The molecule has 10 heteroatoms. The van der Waals surface area contributed by atoms with Crippen molar-refractivity contribution in [3.05, 3.63) is 60.0 Å².